The van der Waals surface area contributed by atoms with Crippen LogP contribution in [0.2, 0.25) is 0 Å². The van der Waals surface area contributed by atoms with Crippen molar-refractivity contribution in [2.75, 3.05) is 20.3 Å². The molecule has 0 aliphatic heterocycles. The number of benzene rings is 1. The van der Waals surface area contributed by atoms with Crippen LogP contribution in [0.1, 0.15) is 37.0 Å². The minimum Gasteiger partial charge on any atom is -0.496 e. The normalized spacial score (nSPS) is 12.0. The SMILES string of the molecule is COc1cc(C)c(S(=O)(=O)NCCCOC(C)C)c(C)c1C. The standard InChI is InChI=1S/C16H27NO4S/c1-11(2)21-9-7-8-17-22(18,19)16-12(3)10-15(20-6)13(4)14(16)5/h10-11,17H,7-9H2,1-6H3. The van der Waals surface area contributed by atoms with E-state index in [-0.39, 0.29) is 6.10 Å². The fourth-order valence-electron chi connectivity index (χ4n) is 2.32. The summed E-state index contributed by atoms with van der Waals surface area (Å²) < 4.78 is 38.4. The molecule has 0 radical (unpaired) electrons. The van der Waals surface area contributed by atoms with Crippen molar-refractivity contribution in [2.45, 2.75) is 52.0 Å². The van der Waals surface area contributed by atoms with Crippen molar-refractivity contribution in [3.8, 4) is 5.75 Å². The zero-order valence-corrected chi connectivity index (χ0v) is 15.1. The lowest BCUT2D eigenvalue weighted by atomic mass is 10.1. The summed E-state index contributed by atoms with van der Waals surface area (Å²) in [5, 5.41) is 0. The van der Waals surface area contributed by atoms with Gasteiger partial charge in [0.05, 0.1) is 18.1 Å². The Hall–Kier alpha value is -1.11. The molecule has 6 heteroatoms. The fourth-order valence-corrected chi connectivity index (χ4v) is 3.91. The van der Waals surface area contributed by atoms with Gasteiger partial charge in [0.25, 0.3) is 0 Å². The highest BCUT2D eigenvalue weighted by atomic mass is 32.2. The van der Waals surface area contributed by atoms with Gasteiger partial charge in [0.15, 0.2) is 0 Å². The number of nitrogens with one attached hydrogen (secondary N) is 1. The van der Waals surface area contributed by atoms with Crippen LogP contribution in [0.25, 0.3) is 0 Å². The van der Waals surface area contributed by atoms with Crippen LogP contribution in [0, 0.1) is 20.8 Å². The Kier molecular flexibility index (Phi) is 6.84. The summed E-state index contributed by atoms with van der Waals surface area (Å²) in [6, 6.07) is 1.76. The van der Waals surface area contributed by atoms with E-state index in [0.29, 0.717) is 35.8 Å². The van der Waals surface area contributed by atoms with Gasteiger partial charge in [-0.25, -0.2) is 13.1 Å². The van der Waals surface area contributed by atoms with Crippen LogP contribution >= 0.6 is 0 Å². The van der Waals surface area contributed by atoms with Crippen molar-refractivity contribution < 1.29 is 17.9 Å². The lowest BCUT2D eigenvalue weighted by Gasteiger charge is -2.16. The molecule has 0 fully saturated rings. The zero-order valence-electron chi connectivity index (χ0n) is 14.3. The minimum atomic E-state index is -3.53. The van der Waals surface area contributed by atoms with Gasteiger partial charge in [-0.15, -0.1) is 0 Å². The molecule has 1 rings (SSSR count). The summed E-state index contributed by atoms with van der Waals surface area (Å²) in [5.41, 5.74) is 2.25. The van der Waals surface area contributed by atoms with E-state index in [4.69, 9.17) is 9.47 Å². The van der Waals surface area contributed by atoms with Crippen molar-refractivity contribution in [2.24, 2.45) is 0 Å². The maximum absolute atomic E-state index is 12.5. The molecule has 0 spiro atoms. The first-order chi connectivity index (χ1) is 10.2. The molecule has 5 nitrogen and oxygen atoms in total. The van der Waals surface area contributed by atoms with Crippen molar-refractivity contribution in [3.05, 3.63) is 22.8 Å². The highest BCUT2D eigenvalue weighted by molar-refractivity contribution is 7.89. The molecule has 0 aromatic heterocycles. The third-order valence-corrected chi connectivity index (χ3v) is 5.28. The Morgan fingerprint density at radius 1 is 1.18 bits per heavy atom. The molecule has 0 atom stereocenters. The first kappa shape index (κ1) is 18.9. The summed E-state index contributed by atoms with van der Waals surface area (Å²) >= 11 is 0. The lowest BCUT2D eigenvalue weighted by molar-refractivity contribution is 0.0778. The van der Waals surface area contributed by atoms with Gasteiger partial charge in [-0.1, -0.05) is 0 Å². The van der Waals surface area contributed by atoms with Crippen molar-refractivity contribution in [1.29, 1.82) is 0 Å². The average Bonchev–Trinajstić information content (AvgIpc) is 2.41. The number of aryl methyl sites for hydroxylation is 1. The maximum Gasteiger partial charge on any atom is 0.241 e. The summed E-state index contributed by atoms with van der Waals surface area (Å²) in [6.45, 7) is 10.3. The second kappa shape index (κ2) is 7.94. The third-order valence-electron chi connectivity index (χ3n) is 3.53. The summed E-state index contributed by atoms with van der Waals surface area (Å²) in [5.74, 6) is 0.708. The molecule has 22 heavy (non-hydrogen) atoms. The molecule has 0 saturated carbocycles. The van der Waals surface area contributed by atoms with Gasteiger partial charge in [-0.2, -0.15) is 0 Å². The largest absolute Gasteiger partial charge is 0.496 e. The van der Waals surface area contributed by atoms with Gasteiger partial charge >= 0.3 is 0 Å². The van der Waals surface area contributed by atoms with E-state index in [1.807, 2.05) is 20.8 Å². The van der Waals surface area contributed by atoms with Crippen LogP contribution in [0.15, 0.2) is 11.0 Å². The molecule has 0 saturated heterocycles. The molecular weight excluding hydrogens is 302 g/mol. The first-order valence-electron chi connectivity index (χ1n) is 7.46. The third kappa shape index (κ3) is 4.69. The Morgan fingerprint density at radius 2 is 1.82 bits per heavy atom. The molecule has 1 aromatic carbocycles. The van der Waals surface area contributed by atoms with Gasteiger partial charge in [0, 0.05) is 13.2 Å². The second-order valence-electron chi connectivity index (χ2n) is 5.65. The smallest absolute Gasteiger partial charge is 0.241 e. The van der Waals surface area contributed by atoms with E-state index in [0.717, 1.165) is 11.1 Å². The Bertz CT molecular complexity index is 609. The topological polar surface area (TPSA) is 64.6 Å². The predicted octanol–water partition coefficient (Wildman–Crippen LogP) is 2.71. The van der Waals surface area contributed by atoms with Crippen LogP contribution < -0.4 is 9.46 Å². The Morgan fingerprint density at radius 3 is 2.36 bits per heavy atom. The number of ether oxygens (including phenoxy) is 2. The number of hydrogen-bond donors (Lipinski definition) is 1. The van der Waals surface area contributed by atoms with Crippen molar-refractivity contribution >= 4 is 10.0 Å². The second-order valence-corrected chi connectivity index (χ2v) is 7.35. The Balaban J connectivity index is 2.88. The van der Waals surface area contributed by atoms with E-state index >= 15 is 0 Å². The molecule has 0 aliphatic rings. The zero-order chi connectivity index (χ0) is 16.9. The first-order valence-corrected chi connectivity index (χ1v) is 8.95. The quantitative estimate of drug-likeness (QED) is 0.745. The minimum absolute atomic E-state index is 0.158. The average molecular weight is 329 g/mol. The highest BCUT2D eigenvalue weighted by Gasteiger charge is 2.22. The molecule has 0 heterocycles. The van der Waals surface area contributed by atoms with E-state index in [1.54, 1.807) is 27.0 Å². The maximum atomic E-state index is 12.5. The molecule has 0 bridgehead atoms. The van der Waals surface area contributed by atoms with Crippen LogP contribution in [-0.4, -0.2) is 34.8 Å². The number of sulfonamides is 1. The lowest BCUT2D eigenvalue weighted by Crippen LogP contribution is -2.27. The van der Waals surface area contributed by atoms with E-state index in [1.165, 1.54) is 0 Å². The summed E-state index contributed by atoms with van der Waals surface area (Å²) in [6.07, 6.45) is 0.801. The summed E-state index contributed by atoms with van der Waals surface area (Å²) in [7, 11) is -1.95. The summed E-state index contributed by atoms with van der Waals surface area (Å²) in [4.78, 5) is 0.343. The number of methoxy groups -OCH3 is 1. The molecule has 0 aliphatic carbocycles. The molecule has 1 N–H and O–H groups in total. The highest BCUT2D eigenvalue weighted by Crippen LogP contribution is 2.30. The van der Waals surface area contributed by atoms with Gasteiger partial charge in [-0.3, -0.25) is 0 Å². The number of rotatable bonds is 8. The molecule has 126 valence electrons. The Labute approximate surface area is 134 Å². The van der Waals surface area contributed by atoms with E-state index in [9.17, 15) is 8.42 Å². The van der Waals surface area contributed by atoms with Crippen LogP contribution in [-0.2, 0) is 14.8 Å². The molecule has 1 aromatic rings. The molecule has 0 amide bonds. The van der Waals surface area contributed by atoms with Crippen LogP contribution in [0.3, 0.4) is 0 Å². The predicted molar refractivity (Wildman–Crippen MR) is 88.1 cm³/mol. The number of hydrogen-bond acceptors (Lipinski definition) is 4. The van der Waals surface area contributed by atoms with Crippen molar-refractivity contribution in [3.63, 3.8) is 0 Å². The molecular formula is C16H27NO4S. The van der Waals surface area contributed by atoms with Gasteiger partial charge < -0.3 is 9.47 Å². The van der Waals surface area contributed by atoms with Gasteiger partial charge in [0.2, 0.25) is 10.0 Å². The van der Waals surface area contributed by atoms with Crippen molar-refractivity contribution in [1.82, 2.24) is 4.72 Å². The molecule has 0 unspecified atom stereocenters. The monoisotopic (exact) mass is 329 g/mol. The van der Waals surface area contributed by atoms with Gasteiger partial charge in [0.1, 0.15) is 5.75 Å². The van der Waals surface area contributed by atoms with Gasteiger partial charge in [-0.05, 0) is 63.8 Å². The van der Waals surface area contributed by atoms with Crippen LogP contribution in [0.5, 0.6) is 5.75 Å². The fraction of sp³-hybridized carbons (Fsp3) is 0.625. The van der Waals surface area contributed by atoms with Crippen LogP contribution in [0.4, 0.5) is 0 Å². The van der Waals surface area contributed by atoms with E-state index in [2.05, 4.69) is 4.72 Å². The van der Waals surface area contributed by atoms with E-state index < -0.39 is 10.0 Å².